The third-order valence-electron chi connectivity index (χ3n) is 6.88. The van der Waals surface area contributed by atoms with Gasteiger partial charge in [0, 0.05) is 31.5 Å². The Balaban J connectivity index is 1.47. The van der Waals surface area contributed by atoms with Gasteiger partial charge < -0.3 is 14.4 Å². The molecule has 0 aromatic heterocycles. The third-order valence-corrected chi connectivity index (χ3v) is 6.88. The SMILES string of the molecule is O=CC1CN(CC2(C(=O)OCc3ccccc3)CCCCC2)C[C@@H]1c1cccc(F)c1. The van der Waals surface area contributed by atoms with Crippen LogP contribution in [0.25, 0.3) is 0 Å². The molecule has 5 heteroatoms. The van der Waals surface area contributed by atoms with Crippen LogP contribution in [0.3, 0.4) is 0 Å². The lowest BCUT2D eigenvalue weighted by molar-refractivity contribution is -0.161. The number of halogens is 1. The number of esters is 1. The van der Waals surface area contributed by atoms with E-state index >= 15 is 0 Å². The standard InChI is InChI=1S/C26H30FNO3/c27-23-11-7-10-21(14-23)24-16-28(15-22(24)17-29)19-26(12-5-2-6-13-26)25(30)31-18-20-8-3-1-4-9-20/h1,3-4,7-11,14,17,22,24H,2,5-6,12-13,15-16,18-19H2/t22?,24-/m1/s1. The summed E-state index contributed by atoms with van der Waals surface area (Å²) in [5.41, 5.74) is 1.30. The monoisotopic (exact) mass is 423 g/mol. The van der Waals surface area contributed by atoms with Crippen LogP contribution in [-0.2, 0) is 20.9 Å². The Morgan fingerprint density at radius 3 is 2.55 bits per heavy atom. The predicted molar refractivity (Wildman–Crippen MR) is 117 cm³/mol. The van der Waals surface area contributed by atoms with Gasteiger partial charge >= 0.3 is 5.97 Å². The van der Waals surface area contributed by atoms with Crippen molar-refractivity contribution in [1.82, 2.24) is 4.90 Å². The molecule has 1 aliphatic heterocycles. The van der Waals surface area contributed by atoms with E-state index in [2.05, 4.69) is 4.90 Å². The smallest absolute Gasteiger partial charge is 0.313 e. The van der Waals surface area contributed by atoms with Crippen molar-refractivity contribution in [2.75, 3.05) is 19.6 Å². The predicted octanol–water partition coefficient (Wildman–Crippen LogP) is 4.73. The lowest BCUT2D eigenvalue weighted by Crippen LogP contribution is -2.45. The quantitative estimate of drug-likeness (QED) is 0.477. The summed E-state index contributed by atoms with van der Waals surface area (Å²) < 4.78 is 19.5. The van der Waals surface area contributed by atoms with Crippen LogP contribution in [0.4, 0.5) is 4.39 Å². The van der Waals surface area contributed by atoms with E-state index in [-0.39, 0.29) is 30.2 Å². The van der Waals surface area contributed by atoms with Crippen molar-refractivity contribution in [2.24, 2.45) is 11.3 Å². The highest BCUT2D eigenvalue weighted by Crippen LogP contribution is 2.41. The Labute approximate surface area is 183 Å². The van der Waals surface area contributed by atoms with Crippen LogP contribution in [-0.4, -0.2) is 36.8 Å². The molecule has 1 aliphatic carbocycles. The summed E-state index contributed by atoms with van der Waals surface area (Å²) >= 11 is 0. The fourth-order valence-corrected chi connectivity index (χ4v) is 5.23. The van der Waals surface area contributed by atoms with E-state index in [1.807, 2.05) is 36.4 Å². The van der Waals surface area contributed by atoms with Crippen molar-refractivity contribution in [3.05, 3.63) is 71.5 Å². The Kier molecular flexibility index (Phi) is 6.81. The summed E-state index contributed by atoms with van der Waals surface area (Å²) in [7, 11) is 0. The summed E-state index contributed by atoms with van der Waals surface area (Å²) in [6.45, 7) is 2.13. The first-order valence-electron chi connectivity index (χ1n) is 11.2. The zero-order valence-electron chi connectivity index (χ0n) is 17.8. The number of hydrogen-bond acceptors (Lipinski definition) is 4. The van der Waals surface area contributed by atoms with Crippen LogP contribution in [0.2, 0.25) is 0 Å². The number of rotatable bonds is 7. The first-order valence-corrected chi connectivity index (χ1v) is 11.2. The molecule has 4 rings (SSSR count). The van der Waals surface area contributed by atoms with Crippen LogP contribution >= 0.6 is 0 Å². The molecule has 2 aromatic rings. The van der Waals surface area contributed by atoms with Gasteiger partial charge in [0.15, 0.2) is 0 Å². The summed E-state index contributed by atoms with van der Waals surface area (Å²) in [6.07, 6.45) is 5.77. The van der Waals surface area contributed by atoms with Crippen LogP contribution in [0.15, 0.2) is 54.6 Å². The normalized spacial score (nSPS) is 23.4. The molecule has 0 spiro atoms. The van der Waals surface area contributed by atoms with E-state index in [1.165, 1.54) is 12.1 Å². The van der Waals surface area contributed by atoms with Crippen molar-refractivity contribution in [2.45, 2.75) is 44.6 Å². The molecular formula is C26H30FNO3. The highest BCUT2D eigenvalue weighted by Gasteiger charge is 2.45. The van der Waals surface area contributed by atoms with Crippen LogP contribution in [0.1, 0.15) is 49.1 Å². The number of ether oxygens (including phenoxy) is 1. The number of carbonyl (C=O) groups is 2. The topological polar surface area (TPSA) is 46.6 Å². The van der Waals surface area contributed by atoms with Gasteiger partial charge in [0.25, 0.3) is 0 Å². The van der Waals surface area contributed by atoms with Gasteiger partial charge in [0.05, 0.1) is 5.41 Å². The summed E-state index contributed by atoms with van der Waals surface area (Å²) in [5, 5.41) is 0. The molecule has 31 heavy (non-hydrogen) atoms. The summed E-state index contributed by atoms with van der Waals surface area (Å²) in [6, 6.07) is 16.3. The van der Waals surface area contributed by atoms with Gasteiger partial charge in [0.2, 0.25) is 0 Å². The van der Waals surface area contributed by atoms with E-state index in [4.69, 9.17) is 4.74 Å². The highest BCUT2D eigenvalue weighted by atomic mass is 19.1. The second kappa shape index (κ2) is 9.73. The maximum absolute atomic E-state index is 13.7. The summed E-state index contributed by atoms with van der Waals surface area (Å²) in [4.78, 5) is 27.2. The van der Waals surface area contributed by atoms with Crippen LogP contribution in [0.5, 0.6) is 0 Å². The molecule has 2 fully saturated rings. The first kappa shape index (κ1) is 21.7. The minimum atomic E-state index is -0.530. The van der Waals surface area contributed by atoms with Gasteiger partial charge in [-0.05, 0) is 36.1 Å². The maximum atomic E-state index is 13.7. The van der Waals surface area contributed by atoms with Gasteiger partial charge in [-0.2, -0.15) is 0 Å². The van der Waals surface area contributed by atoms with Gasteiger partial charge in [-0.15, -0.1) is 0 Å². The molecule has 1 unspecified atom stereocenters. The maximum Gasteiger partial charge on any atom is 0.313 e. The molecule has 2 atom stereocenters. The van der Waals surface area contributed by atoms with Crippen molar-refractivity contribution < 1.29 is 18.7 Å². The number of hydrogen-bond donors (Lipinski definition) is 0. The van der Waals surface area contributed by atoms with Crippen LogP contribution in [0, 0.1) is 17.2 Å². The first-order chi connectivity index (χ1) is 15.1. The van der Waals surface area contributed by atoms with Crippen molar-refractivity contribution in [1.29, 1.82) is 0 Å². The Morgan fingerprint density at radius 1 is 1.06 bits per heavy atom. The molecule has 0 N–H and O–H groups in total. The summed E-state index contributed by atoms with van der Waals surface area (Å²) in [5.74, 6) is -0.654. The minimum Gasteiger partial charge on any atom is -0.460 e. The highest BCUT2D eigenvalue weighted by molar-refractivity contribution is 5.77. The van der Waals surface area contributed by atoms with Gasteiger partial charge in [0.1, 0.15) is 18.7 Å². The van der Waals surface area contributed by atoms with Crippen molar-refractivity contribution in [3.63, 3.8) is 0 Å². The lowest BCUT2D eigenvalue weighted by atomic mass is 9.73. The molecule has 0 bridgehead atoms. The van der Waals surface area contributed by atoms with Crippen molar-refractivity contribution >= 4 is 12.3 Å². The molecular weight excluding hydrogens is 393 g/mol. The Hall–Kier alpha value is -2.53. The number of aldehydes is 1. The second-order valence-corrected chi connectivity index (χ2v) is 9.06. The average Bonchev–Trinajstić information content (AvgIpc) is 3.21. The Bertz CT molecular complexity index is 895. The molecule has 2 aromatic carbocycles. The number of benzene rings is 2. The number of nitrogens with zero attached hydrogens (tertiary/aromatic N) is 1. The zero-order valence-corrected chi connectivity index (χ0v) is 17.8. The number of likely N-dealkylation sites (tertiary alicyclic amines) is 1. The fraction of sp³-hybridized carbons (Fsp3) is 0.462. The van der Waals surface area contributed by atoms with Gasteiger partial charge in [-0.1, -0.05) is 61.7 Å². The van der Waals surface area contributed by atoms with Crippen LogP contribution < -0.4 is 0 Å². The van der Waals surface area contributed by atoms with E-state index < -0.39 is 5.41 Å². The largest absolute Gasteiger partial charge is 0.460 e. The fourth-order valence-electron chi connectivity index (χ4n) is 5.23. The van der Waals surface area contributed by atoms with E-state index in [9.17, 15) is 14.0 Å². The van der Waals surface area contributed by atoms with E-state index in [1.54, 1.807) is 6.07 Å². The zero-order chi connectivity index (χ0) is 21.7. The van der Waals surface area contributed by atoms with Gasteiger partial charge in [-0.25, -0.2) is 4.39 Å². The molecule has 0 radical (unpaired) electrons. The molecule has 2 aliphatic rings. The van der Waals surface area contributed by atoms with E-state index in [0.717, 1.165) is 49.5 Å². The molecule has 0 amide bonds. The molecule has 1 saturated carbocycles. The van der Waals surface area contributed by atoms with E-state index in [0.29, 0.717) is 19.6 Å². The lowest BCUT2D eigenvalue weighted by Gasteiger charge is -2.38. The average molecular weight is 424 g/mol. The molecule has 1 saturated heterocycles. The molecule has 4 nitrogen and oxygen atoms in total. The molecule has 1 heterocycles. The van der Waals surface area contributed by atoms with Crippen molar-refractivity contribution in [3.8, 4) is 0 Å². The number of carbonyl (C=O) groups excluding carboxylic acids is 2. The minimum absolute atomic E-state index is 0.0471. The third kappa shape index (κ3) is 5.04. The van der Waals surface area contributed by atoms with Gasteiger partial charge in [-0.3, -0.25) is 4.79 Å². The Morgan fingerprint density at radius 2 is 1.84 bits per heavy atom. The second-order valence-electron chi connectivity index (χ2n) is 9.06. The molecule has 164 valence electrons.